The molecule has 0 N–H and O–H groups in total. The van der Waals surface area contributed by atoms with E-state index in [1.54, 1.807) is 40.7 Å². The van der Waals surface area contributed by atoms with Gasteiger partial charge in [-0.25, -0.2) is 14.5 Å². The third kappa shape index (κ3) is 2.85. The molecule has 0 fully saturated rings. The molecule has 0 bridgehead atoms. The molecule has 5 rings (SSSR count). The lowest BCUT2D eigenvalue weighted by atomic mass is 10.1. The molecule has 0 unspecified atom stereocenters. The third-order valence-electron chi connectivity index (χ3n) is 4.87. The zero-order valence-electron chi connectivity index (χ0n) is 15.6. The first-order chi connectivity index (χ1) is 14.0. The van der Waals surface area contributed by atoms with Crippen LogP contribution in [0.3, 0.4) is 0 Å². The van der Waals surface area contributed by atoms with E-state index in [1.807, 2.05) is 35.7 Å². The topological polar surface area (TPSA) is 104 Å². The van der Waals surface area contributed by atoms with Gasteiger partial charge in [0.1, 0.15) is 22.5 Å². The number of hydrogen-bond acceptors (Lipinski definition) is 7. The summed E-state index contributed by atoms with van der Waals surface area (Å²) < 4.78 is 3.35. The lowest BCUT2D eigenvalue weighted by Gasteiger charge is -2.04. The summed E-state index contributed by atoms with van der Waals surface area (Å²) in [6.45, 7) is 3.82. The fourth-order valence-electron chi connectivity index (χ4n) is 3.43. The van der Waals surface area contributed by atoms with Crippen LogP contribution in [0, 0.1) is 24.0 Å². The largest absolute Gasteiger partial charge is 0.312 e. The first-order valence-electron chi connectivity index (χ1n) is 8.87. The van der Waals surface area contributed by atoms with Crippen LogP contribution in [-0.4, -0.2) is 34.3 Å². The number of hydrogen-bond donors (Lipinski definition) is 0. The Morgan fingerprint density at radius 3 is 2.66 bits per heavy atom. The molecular formula is C19H15N7O2S. The van der Waals surface area contributed by atoms with E-state index in [0.717, 1.165) is 27.0 Å². The van der Waals surface area contributed by atoms with Crippen LogP contribution in [0.2, 0.25) is 0 Å². The fraction of sp³-hybridized carbons (Fsp3) is 0.158. The van der Waals surface area contributed by atoms with Gasteiger partial charge in [0.15, 0.2) is 11.5 Å². The third-order valence-corrected chi connectivity index (χ3v) is 5.69. The van der Waals surface area contributed by atoms with Crippen LogP contribution < -0.4 is 0 Å². The van der Waals surface area contributed by atoms with E-state index in [4.69, 9.17) is 0 Å². The lowest BCUT2D eigenvalue weighted by Crippen LogP contribution is -2.04. The molecule has 0 spiro atoms. The summed E-state index contributed by atoms with van der Waals surface area (Å²) in [6, 6.07) is 9.81. The van der Waals surface area contributed by atoms with Gasteiger partial charge in [-0.05, 0) is 30.9 Å². The second kappa shape index (κ2) is 6.45. The molecule has 10 heteroatoms. The van der Waals surface area contributed by atoms with Crippen molar-refractivity contribution in [3.8, 4) is 11.4 Å². The Labute approximate surface area is 168 Å². The molecule has 0 atom stereocenters. The molecule has 4 heterocycles. The van der Waals surface area contributed by atoms with Gasteiger partial charge in [-0.1, -0.05) is 24.3 Å². The second-order valence-corrected chi connectivity index (χ2v) is 7.61. The van der Waals surface area contributed by atoms with E-state index in [2.05, 4.69) is 20.2 Å². The second-order valence-electron chi connectivity index (χ2n) is 6.72. The quantitative estimate of drug-likeness (QED) is 0.333. The fourth-order valence-corrected chi connectivity index (χ4v) is 4.15. The summed E-state index contributed by atoms with van der Waals surface area (Å²) in [5, 5.41) is 23.0. The minimum atomic E-state index is -0.383. The van der Waals surface area contributed by atoms with Gasteiger partial charge in [-0.2, -0.15) is 5.10 Å². The Morgan fingerprint density at radius 1 is 1.14 bits per heavy atom. The van der Waals surface area contributed by atoms with Crippen LogP contribution in [0.1, 0.15) is 17.0 Å². The summed E-state index contributed by atoms with van der Waals surface area (Å²) in [7, 11) is 0. The molecule has 0 saturated carbocycles. The summed E-state index contributed by atoms with van der Waals surface area (Å²) in [5.41, 5.74) is 3.70. The van der Waals surface area contributed by atoms with Gasteiger partial charge in [0, 0.05) is 5.56 Å². The van der Waals surface area contributed by atoms with Crippen molar-refractivity contribution in [2.24, 2.45) is 0 Å². The van der Waals surface area contributed by atoms with Gasteiger partial charge in [0.2, 0.25) is 0 Å². The predicted octanol–water partition coefficient (Wildman–Crippen LogP) is 3.78. The number of aryl methyl sites for hydroxylation is 1. The summed E-state index contributed by atoms with van der Waals surface area (Å²) in [6.07, 6.45) is 1.68. The zero-order valence-corrected chi connectivity index (χ0v) is 16.4. The monoisotopic (exact) mass is 405 g/mol. The number of benzene rings is 1. The molecule has 0 radical (unpaired) electrons. The minimum Gasteiger partial charge on any atom is -0.258 e. The first-order valence-corrected chi connectivity index (χ1v) is 9.75. The van der Waals surface area contributed by atoms with Gasteiger partial charge in [-0.15, -0.1) is 16.4 Å². The number of rotatable bonds is 4. The molecule has 0 aliphatic carbocycles. The highest BCUT2D eigenvalue weighted by atomic mass is 32.1. The SMILES string of the molecule is Cc1nn(Cc2ccc(-c3nc4c5ccsc5ncn4n3)cc2)c(C)c1[N+](=O)[O-]. The molecule has 144 valence electrons. The predicted molar refractivity (Wildman–Crippen MR) is 109 cm³/mol. The summed E-state index contributed by atoms with van der Waals surface area (Å²) >= 11 is 1.57. The minimum absolute atomic E-state index is 0.0730. The Bertz CT molecular complexity index is 1380. The lowest BCUT2D eigenvalue weighted by molar-refractivity contribution is -0.386. The highest BCUT2D eigenvalue weighted by Crippen LogP contribution is 2.25. The van der Waals surface area contributed by atoms with Crippen LogP contribution in [-0.2, 0) is 6.54 Å². The summed E-state index contributed by atoms with van der Waals surface area (Å²) in [4.78, 5) is 20.8. The van der Waals surface area contributed by atoms with Crippen LogP contribution in [0.15, 0.2) is 42.0 Å². The van der Waals surface area contributed by atoms with Crippen LogP contribution >= 0.6 is 11.3 Å². The molecule has 29 heavy (non-hydrogen) atoms. The van der Waals surface area contributed by atoms with Gasteiger partial charge in [0.25, 0.3) is 0 Å². The van der Waals surface area contributed by atoms with Crippen LogP contribution in [0.5, 0.6) is 0 Å². The van der Waals surface area contributed by atoms with Crippen molar-refractivity contribution in [3.63, 3.8) is 0 Å². The number of thiophene rings is 1. The highest BCUT2D eigenvalue weighted by molar-refractivity contribution is 7.16. The van der Waals surface area contributed by atoms with E-state index >= 15 is 0 Å². The smallest absolute Gasteiger partial charge is 0.258 e. The molecule has 5 aromatic rings. The summed E-state index contributed by atoms with van der Waals surface area (Å²) in [5.74, 6) is 0.624. The van der Waals surface area contributed by atoms with Crippen molar-refractivity contribution in [1.29, 1.82) is 0 Å². The van der Waals surface area contributed by atoms with Crippen molar-refractivity contribution in [3.05, 3.63) is 69.1 Å². The first kappa shape index (κ1) is 17.4. The van der Waals surface area contributed by atoms with E-state index in [-0.39, 0.29) is 10.6 Å². The zero-order chi connectivity index (χ0) is 20.1. The van der Waals surface area contributed by atoms with Crippen LogP contribution in [0.25, 0.3) is 27.3 Å². The van der Waals surface area contributed by atoms with Crippen molar-refractivity contribution < 1.29 is 4.92 Å². The Kier molecular flexibility index (Phi) is 3.88. The van der Waals surface area contributed by atoms with Crippen LogP contribution in [0.4, 0.5) is 5.69 Å². The van der Waals surface area contributed by atoms with Crippen molar-refractivity contribution in [1.82, 2.24) is 29.4 Å². The van der Waals surface area contributed by atoms with Crippen molar-refractivity contribution >= 4 is 32.9 Å². The Morgan fingerprint density at radius 2 is 1.93 bits per heavy atom. The van der Waals surface area contributed by atoms with Gasteiger partial charge in [-0.3, -0.25) is 14.8 Å². The van der Waals surface area contributed by atoms with E-state index in [9.17, 15) is 10.1 Å². The normalized spacial score (nSPS) is 11.5. The van der Waals surface area contributed by atoms with Gasteiger partial charge >= 0.3 is 5.69 Å². The molecule has 0 amide bonds. The van der Waals surface area contributed by atoms with E-state index in [0.29, 0.717) is 23.8 Å². The van der Waals surface area contributed by atoms with E-state index < -0.39 is 0 Å². The molecule has 9 nitrogen and oxygen atoms in total. The molecule has 0 aliphatic rings. The molecule has 1 aromatic carbocycles. The maximum atomic E-state index is 11.2. The number of aromatic nitrogens is 6. The molecule has 0 saturated heterocycles. The Balaban J connectivity index is 1.45. The van der Waals surface area contributed by atoms with Crippen molar-refractivity contribution in [2.75, 3.05) is 0 Å². The van der Waals surface area contributed by atoms with Gasteiger partial charge < -0.3 is 0 Å². The average molecular weight is 405 g/mol. The number of nitro groups is 1. The Hall–Kier alpha value is -3.66. The van der Waals surface area contributed by atoms with E-state index in [1.165, 1.54) is 0 Å². The highest BCUT2D eigenvalue weighted by Gasteiger charge is 2.21. The average Bonchev–Trinajstić information content (AvgIpc) is 3.39. The van der Waals surface area contributed by atoms with Gasteiger partial charge in [0.05, 0.1) is 16.9 Å². The molecule has 0 aliphatic heterocycles. The van der Waals surface area contributed by atoms with Crippen molar-refractivity contribution in [2.45, 2.75) is 20.4 Å². The maximum Gasteiger partial charge on any atom is 0.312 e. The number of nitrogens with zero attached hydrogens (tertiary/aromatic N) is 7. The standard InChI is InChI=1S/C19H15N7O2S/c1-11-16(26(27)28)12(2)24(22-11)9-13-3-5-14(6-4-13)17-21-18-15-7-8-29-19(15)20-10-25(18)23-17/h3-8,10H,9H2,1-2H3. The molecule has 4 aromatic heterocycles. The molecular weight excluding hydrogens is 390 g/mol. The number of fused-ring (bicyclic) bond motifs is 3. The maximum absolute atomic E-state index is 11.2.